The second-order valence-electron chi connectivity index (χ2n) is 6.75. The molecule has 2 amide bonds. The van der Waals surface area contributed by atoms with E-state index in [1.807, 2.05) is 0 Å². The lowest BCUT2D eigenvalue weighted by Gasteiger charge is -2.35. The zero-order chi connectivity index (χ0) is 23.3. The molecule has 0 bridgehead atoms. The summed E-state index contributed by atoms with van der Waals surface area (Å²) in [5.41, 5.74) is 0.144. The standard InChI is InChI=1S/C20H18F5N3O4/c21-19(22)32-15-4-2-1-3-14(15)18(30)28-9-7-27(8-10-28)17(29)13-5-6-16(26-11-13)31-12-20(23,24)25/h1-6,11,19H,7-10,12H2. The summed E-state index contributed by atoms with van der Waals surface area (Å²) in [4.78, 5) is 31.9. The lowest BCUT2D eigenvalue weighted by Crippen LogP contribution is -2.50. The normalized spacial score (nSPS) is 14.4. The smallest absolute Gasteiger partial charge is 0.422 e. The molecule has 3 rings (SSSR count). The van der Waals surface area contributed by atoms with Gasteiger partial charge in [-0.25, -0.2) is 4.98 Å². The van der Waals surface area contributed by atoms with Gasteiger partial charge in [0.05, 0.1) is 11.1 Å². The van der Waals surface area contributed by atoms with Crippen molar-refractivity contribution in [2.75, 3.05) is 32.8 Å². The van der Waals surface area contributed by atoms with Crippen LogP contribution < -0.4 is 9.47 Å². The molecule has 7 nitrogen and oxygen atoms in total. The molecule has 172 valence electrons. The number of aromatic nitrogens is 1. The highest BCUT2D eigenvalue weighted by molar-refractivity contribution is 5.97. The number of carbonyl (C=O) groups is 2. The van der Waals surface area contributed by atoms with E-state index in [1.165, 1.54) is 46.2 Å². The Bertz CT molecular complexity index is 945. The molecule has 12 heteroatoms. The number of benzene rings is 1. The summed E-state index contributed by atoms with van der Waals surface area (Å²) >= 11 is 0. The van der Waals surface area contributed by atoms with Crippen LogP contribution in [0.5, 0.6) is 11.6 Å². The van der Waals surface area contributed by atoms with E-state index in [4.69, 9.17) is 0 Å². The van der Waals surface area contributed by atoms with E-state index in [9.17, 15) is 31.5 Å². The van der Waals surface area contributed by atoms with E-state index in [1.54, 1.807) is 0 Å². The van der Waals surface area contributed by atoms with Crippen LogP contribution in [-0.2, 0) is 0 Å². The number of hydrogen-bond donors (Lipinski definition) is 0. The number of pyridine rings is 1. The predicted molar refractivity (Wildman–Crippen MR) is 101 cm³/mol. The minimum absolute atomic E-state index is 0.00813. The van der Waals surface area contributed by atoms with Crippen molar-refractivity contribution in [2.45, 2.75) is 12.8 Å². The summed E-state index contributed by atoms with van der Waals surface area (Å²) in [5, 5.41) is 0. The molecule has 1 saturated heterocycles. The number of piperazine rings is 1. The van der Waals surface area contributed by atoms with Gasteiger partial charge < -0.3 is 19.3 Å². The summed E-state index contributed by atoms with van der Waals surface area (Å²) < 4.78 is 70.6. The molecule has 0 radical (unpaired) electrons. The number of para-hydroxylation sites is 1. The Kier molecular flexibility index (Phi) is 7.11. The molecule has 2 heterocycles. The number of nitrogens with zero attached hydrogens (tertiary/aromatic N) is 3. The number of rotatable bonds is 6. The third-order valence-corrected chi connectivity index (χ3v) is 4.55. The van der Waals surface area contributed by atoms with Crippen LogP contribution in [0.15, 0.2) is 42.6 Å². The lowest BCUT2D eigenvalue weighted by atomic mass is 10.1. The molecule has 32 heavy (non-hydrogen) atoms. The third-order valence-electron chi connectivity index (χ3n) is 4.55. The van der Waals surface area contributed by atoms with Gasteiger partial charge in [-0.1, -0.05) is 12.1 Å². The van der Waals surface area contributed by atoms with Gasteiger partial charge >= 0.3 is 12.8 Å². The summed E-state index contributed by atoms with van der Waals surface area (Å²) in [6.45, 7) is -3.89. The third kappa shape index (κ3) is 6.05. The van der Waals surface area contributed by atoms with E-state index in [0.29, 0.717) is 0 Å². The van der Waals surface area contributed by atoms with Crippen LogP contribution in [0.3, 0.4) is 0 Å². The number of hydrogen-bond acceptors (Lipinski definition) is 5. The summed E-state index contributed by atoms with van der Waals surface area (Å²) in [7, 11) is 0. The van der Waals surface area contributed by atoms with Gasteiger partial charge in [-0.05, 0) is 18.2 Å². The Morgan fingerprint density at radius 1 is 0.969 bits per heavy atom. The highest BCUT2D eigenvalue weighted by Crippen LogP contribution is 2.23. The molecule has 1 aromatic heterocycles. The maximum absolute atomic E-state index is 12.7. The van der Waals surface area contributed by atoms with Crippen molar-refractivity contribution >= 4 is 11.8 Å². The van der Waals surface area contributed by atoms with Gasteiger partial charge in [0.1, 0.15) is 5.75 Å². The Balaban J connectivity index is 1.57. The average Bonchev–Trinajstić information content (AvgIpc) is 2.77. The molecule has 0 spiro atoms. The van der Waals surface area contributed by atoms with Crippen LogP contribution in [0.1, 0.15) is 20.7 Å². The van der Waals surface area contributed by atoms with Gasteiger partial charge in [-0.15, -0.1) is 0 Å². The Hall–Kier alpha value is -3.44. The van der Waals surface area contributed by atoms with Gasteiger partial charge in [0.25, 0.3) is 11.8 Å². The van der Waals surface area contributed by atoms with Crippen LogP contribution in [-0.4, -0.2) is 72.2 Å². The van der Waals surface area contributed by atoms with E-state index in [-0.39, 0.29) is 48.9 Å². The molecule has 0 atom stereocenters. The van der Waals surface area contributed by atoms with E-state index in [2.05, 4.69) is 14.5 Å². The first-order valence-electron chi connectivity index (χ1n) is 9.42. The fourth-order valence-electron chi connectivity index (χ4n) is 3.06. The molecule has 1 fully saturated rings. The van der Waals surface area contributed by atoms with Crippen LogP contribution in [0.25, 0.3) is 0 Å². The number of carbonyl (C=O) groups excluding carboxylic acids is 2. The lowest BCUT2D eigenvalue weighted by molar-refractivity contribution is -0.154. The van der Waals surface area contributed by atoms with Crippen LogP contribution in [0.4, 0.5) is 22.0 Å². The van der Waals surface area contributed by atoms with E-state index in [0.717, 1.165) is 6.20 Å². The largest absolute Gasteiger partial charge is 0.468 e. The van der Waals surface area contributed by atoms with Crippen molar-refractivity contribution < 1.29 is 41.0 Å². The SMILES string of the molecule is O=C(c1ccc(OCC(F)(F)F)nc1)N1CCN(C(=O)c2ccccc2OC(F)F)CC1. The minimum Gasteiger partial charge on any atom is -0.468 e. The van der Waals surface area contributed by atoms with Gasteiger partial charge in [0.2, 0.25) is 5.88 Å². The van der Waals surface area contributed by atoms with E-state index < -0.39 is 31.2 Å². The van der Waals surface area contributed by atoms with Crippen molar-refractivity contribution in [3.8, 4) is 11.6 Å². The number of amides is 2. The summed E-state index contributed by atoms with van der Waals surface area (Å²) in [5.74, 6) is -1.40. The zero-order valence-electron chi connectivity index (χ0n) is 16.5. The summed E-state index contributed by atoms with van der Waals surface area (Å²) in [6, 6.07) is 8.12. The second-order valence-corrected chi connectivity index (χ2v) is 6.75. The van der Waals surface area contributed by atoms with Gasteiger partial charge in [0.15, 0.2) is 6.61 Å². The number of halogens is 5. The van der Waals surface area contributed by atoms with E-state index >= 15 is 0 Å². The quantitative estimate of drug-likeness (QED) is 0.621. The van der Waals surface area contributed by atoms with Gasteiger partial charge in [0, 0.05) is 38.4 Å². The van der Waals surface area contributed by atoms with Gasteiger partial charge in [-0.2, -0.15) is 22.0 Å². The minimum atomic E-state index is -4.50. The molecule has 1 aliphatic rings. The van der Waals surface area contributed by atoms with Crippen molar-refractivity contribution in [1.29, 1.82) is 0 Å². The highest BCUT2D eigenvalue weighted by atomic mass is 19.4. The molecule has 0 N–H and O–H groups in total. The first-order chi connectivity index (χ1) is 15.1. The topological polar surface area (TPSA) is 72.0 Å². The van der Waals surface area contributed by atoms with Crippen LogP contribution in [0, 0.1) is 0 Å². The highest BCUT2D eigenvalue weighted by Gasteiger charge is 2.29. The molecule has 1 aromatic carbocycles. The molecular formula is C20H18F5N3O4. The Labute approximate surface area is 179 Å². The van der Waals surface area contributed by atoms with Crippen LogP contribution in [0.2, 0.25) is 0 Å². The predicted octanol–water partition coefficient (Wildman–Crippen LogP) is 3.22. The molecule has 0 unspecified atom stereocenters. The Morgan fingerprint density at radius 3 is 2.16 bits per heavy atom. The zero-order valence-corrected chi connectivity index (χ0v) is 16.5. The molecule has 0 aliphatic carbocycles. The van der Waals surface area contributed by atoms with Crippen molar-refractivity contribution in [1.82, 2.24) is 14.8 Å². The molecular weight excluding hydrogens is 441 g/mol. The maximum atomic E-state index is 12.7. The average molecular weight is 459 g/mol. The Morgan fingerprint density at radius 2 is 1.59 bits per heavy atom. The first kappa shape index (κ1) is 23.2. The number of alkyl halides is 5. The van der Waals surface area contributed by atoms with Crippen LogP contribution >= 0.6 is 0 Å². The fourth-order valence-corrected chi connectivity index (χ4v) is 3.06. The van der Waals surface area contributed by atoms with Crippen molar-refractivity contribution in [2.24, 2.45) is 0 Å². The van der Waals surface area contributed by atoms with Crippen molar-refractivity contribution in [3.63, 3.8) is 0 Å². The fraction of sp³-hybridized carbons (Fsp3) is 0.350. The molecule has 0 saturated carbocycles. The molecule has 2 aromatic rings. The van der Waals surface area contributed by atoms with Gasteiger partial charge in [-0.3, -0.25) is 9.59 Å². The summed E-state index contributed by atoms with van der Waals surface area (Å²) in [6.07, 6.45) is -3.39. The first-order valence-corrected chi connectivity index (χ1v) is 9.42. The molecule has 1 aliphatic heterocycles. The second kappa shape index (κ2) is 9.79. The maximum Gasteiger partial charge on any atom is 0.422 e. The number of ether oxygens (including phenoxy) is 2. The van der Waals surface area contributed by atoms with Crippen molar-refractivity contribution in [3.05, 3.63) is 53.7 Å². The monoisotopic (exact) mass is 459 g/mol.